The first-order valence-corrected chi connectivity index (χ1v) is 19.2. The summed E-state index contributed by atoms with van der Waals surface area (Å²) in [6.07, 6.45) is 0. The Hall–Kier alpha value is -6.64. The molecule has 2 heterocycles. The minimum Gasteiger partial charge on any atom is -0.456 e. The van der Waals surface area contributed by atoms with Gasteiger partial charge in [0, 0.05) is 33.3 Å². The Bertz CT molecular complexity index is 3120. The number of fused-ring (bicyclic) bond motifs is 12. The smallest absolute Gasteiger partial charge is 0.137 e. The summed E-state index contributed by atoms with van der Waals surface area (Å²) in [5, 5.41) is 12.5. The zero-order valence-electron chi connectivity index (χ0n) is 31.1. The van der Waals surface area contributed by atoms with Gasteiger partial charge in [-0.2, -0.15) is 0 Å². The fraction of sp³-hybridized carbons (Fsp3) is 0.0769. The Kier molecular flexibility index (Phi) is 8.44. The van der Waals surface area contributed by atoms with Crippen LogP contribution in [0.15, 0.2) is 180 Å². The van der Waals surface area contributed by atoms with Crippen LogP contribution in [0.1, 0.15) is 27.7 Å². The van der Waals surface area contributed by atoms with Gasteiger partial charge in [0.15, 0.2) is 0 Å². The van der Waals surface area contributed by atoms with Crippen molar-refractivity contribution in [3.63, 3.8) is 0 Å². The van der Waals surface area contributed by atoms with Crippen LogP contribution in [0.4, 0.5) is 0 Å². The van der Waals surface area contributed by atoms with Gasteiger partial charge in [0.1, 0.15) is 11.2 Å². The first-order valence-electron chi connectivity index (χ1n) is 19.2. The lowest BCUT2D eigenvalue weighted by molar-refractivity contribution is 0.669. The number of hydrogen-bond acceptors (Lipinski definition) is 1. The molecule has 0 unspecified atom stereocenters. The second-order valence-corrected chi connectivity index (χ2v) is 13.3. The van der Waals surface area contributed by atoms with Crippen molar-refractivity contribution in [2.75, 3.05) is 0 Å². The highest BCUT2D eigenvalue weighted by Crippen LogP contribution is 2.40. The van der Waals surface area contributed by atoms with Crippen molar-refractivity contribution in [1.82, 2.24) is 4.57 Å². The van der Waals surface area contributed by atoms with Crippen molar-refractivity contribution in [1.29, 1.82) is 0 Å². The number of para-hydroxylation sites is 2. The molecule has 0 atom stereocenters. The van der Waals surface area contributed by atoms with Crippen LogP contribution in [0.3, 0.4) is 0 Å². The molecule has 0 bridgehead atoms. The van der Waals surface area contributed by atoms with E-state index in [1.165, 1.54) is 70.9 Å². The van der Waals surface area contributed by atoms with E-state index >= 15 is 0 Å². The summed E-state index contributed by atoms with van der Waals surface area (Å²) in [5.74, 6) is 0. The molecule has 260 valence electrons. The summed E-state index contributed by atoms with van der Waals surface area (Å²) >= 11 is 0. The highest BCUT2D eigenvalue weighted by atomic mass is 16.3. The predicted molar refractivity (Wildman–Crippen MR) is 234 cm³/mol. The monoisotopic (exact) mass is 695 g/mol. The van der Waals surface area contributed by atoms with E-state index in [9.17, 15) is 0 Å². The largest absolute Gasteiger partial charge is 0.456 e. The lowest BCUT2D eigenvalue weighted by Crippen LogP contribution is -1.94. The SMILES string of the molecule is CC.CC.c1cc(-c2cccc(-n3c4ccccc4c4cc5c(cc43)oc3ccccc35)c2)cc(-c2ccc3c4ccccc4c4ccccc4c3c2)c1. The fourth-order valence-electron chi connectivity index (χ4n) is 8.26. The van der Waals surface area contributed by atoms with E-state index in [0.717, 1.165) is 33.1 Å². The number of benzene rings is 9. The zero-order chi connectivity index (χ0) is 36.8. The molecule has 0 radical (unpaired) electrons. The Morgan fingerprint density at radius 1 is 0.296 bits per heavy atom. The molecule has 0 saturated heterocycles. The van der Waals surface area contributed by atoms with Crippen LogP contribution in [0.5, 0.6) is 0 Å². The van der Waals surface area contributed by atoms with E-state index in [1.54, 1.807) is 0 Å². The summed E-state index contributed by atoms with van der Waals surface area (Å²) in [4.78, 5) is 0. The average Bonchev–Trinajstić information content (AvgIpc) is 3.79. The second kappa shape index (κ2) is 13.7. The van der Waals surface area contributed by atoms with Crippen LogP contribution in [0.2, 0.25) is 0 Å². The van der Waals surface area contributed by atoms with E-state index < -0.39 is 0 Å². The van der Waals surface area contributed by atoms with E-state index in [1.807, 2.05) is 39.8 Å². The molecule has 0 fully saturated rings. The maximum absolute atomic E-state index is 6.35. The number of rotatable bonds is 3. The van der Waals surface area contributed by atoms with Crippen molar-refractivity contribution < 1.29 is 4.42 Å². The lowest BCUT2D eigenvalue weighted by atomic mass is 9.91. The zero-order valence-corrected chi connectivity index (χ0v) is 31.1. The topological polar surface area (TPSA) is 18.1 Å². The van der Waals surface area contributed by atoms with Gasteiger partial charge in [0.05, 0.1) is 11.0 Å². The molecular formula is C52H41NO. The fourth-order valence-corrected chi connectivity index (χ4v) is 8.26. The molecule has 9 aromatic carbocycles. The quantitative estimate of drug-likeness (QED) is 0.168. The van der Waals surface area contributed by atoms with Crippen molar-refractivity contribution in [3.05, 3.63) is 176 Å². The van der Waals surface area contributed by atoms with E-state index in [4.69, 9.17) is 4.42 Å². The van der Waals surface area contributed by atoms with Crippen LogP contribution in [0, 0.1) is 0 Å². The van der Waals surface area contributed by atoms with Gasteiger partial charge in [-0.3, -0.25) is 0 Å². The minimum absolute atomic E-state index is 0.905. The summed E-state index contributed by atoms with van der Waals surface area (Å²) in [5.41, 5.74) is 10.1. The number of furan rings is 1. The molecule has 0 aliphatic heterocycles. The molecule has 0 aliphatic carbocycles. The normalized spacial score (nSPS) is 11.3. The van der Waals surface area contributed by atoms with Crippen LogP contribution in [0.25, 0.3) is 104 Å². The Morgan fingerprint density at radius 2 is 0.815 bits per heavy atom. The number of aromatic nitrogens is 1. The van der Waals surface area contributed by atoms with E-state index in [-0.39, 0.29) is 0 Å². The molecule has 0 aliphatic rings. The predicted octanol–water partition coefficient (Wildman–Crippen LogP) is 15.5. The first-order chi connectivity index (χ1) is 26.8. The molecule has 11 aromatic rings. The molecule has 11 rings (SSSR count). The molecule has 0 amide bonds. The van der Waals surface area contributed by atoms with Gasteiger partial charge in [0.25, 0.3) is 0 Å². The van der Waals surface area contributed by atoms with Crippen molar-refractivity contribution >= 4 is 76.1 Å². The summed E-state index contributed by atoms with van der Waals surface area (Å²) in [6, 6.07) is 63.9. The Balaban J connectivity index is 0.000000932. The van der Waals surface area contributed by atoms with Crippen LogP contribution < -0.4 is 0 Å². The first kappa shape index (κ1) is 33.2. The van der Waals surface area contributed by atoms with Crippen molar-refractivity contribution in [2.24, 2.45) is 0 Å². The molecular weight excluding hydrogens is 655 g/mol. The molecule has 2 nitrogen and oxygen atoms in total. The average molecular weight is 696 g/mol. The summed E-state index contributed by atoms with van der Waals surface area (Å²) in [7, 11) is 0. The van der Waals surface area contributed by atoms with Gasteiger partial charge in [-0.15, -0.1) is 0 Å². The molecule has 54 heavy (non-hydrogen) atoms. The molecule has 2 heteroatoms. The van der Waals surface area contributed by atoms with Gasteiger partial charge in [-0.25, -0.2) is 0 Å². The standard InChI is InChI=1S/C48H29NO.2C2H6/c1-2-17-37-35(15-1)36-16-3-4-18-38(36)42-27-33(23-24-39(37)42)31-12-9-11-30(25-31)32-13-10-14-34(26-32)49-45-21-7-5-19-40(45)43-28-44-41-20-6-8-22-47(41)50-48(44)29-46(43)49;2*1-2/h1-29H;2*1-2H3. The van der Waals surface area contributed by atoms with Crippen LogP contribution >= 0.6 is 0 Å². The van der Waals surface area contributed by atoms with Gasteiger partial charge < -0.3 is 8.98 Å². The van der Waals surface area contributed by atoms with Crippen LogP contribution in [-0.2, 0) is 0 Å². The Morgan fingerprint density at radius 3 is 1.50 bits per heavy atom. The van der Waals surface area contributed by atoms with E-state index in [2.05, 4.69) is 168 Å². The third-order valence-electron chi connectivity index (χ3n) is 10.5. The van der Waals surface area contributed by atoms with Crippen molar-refractivity contribution in [2.45, 2.75) is 27.7 Å². The van der Waals surface area contributed by atoms with Crippen LogP contribution in [-0.4, -0.2) is 4.57 Å². The van der Waals surface area contributed by atoms with Gasteiger partial charge in [0.2, 0.25) is 0 Å². The van der Waals surface area contributed by atoms with Gasteiger partial charge >= 0.3 is 0 Å². The molecule has 0 spiro atoms. The lowest BCUT2D eigenvalue weighted by Gasteiger charge is -2.13. The van der Waals surface area contributed by atoms with Gasteiger partial charge in [-0.1, -0.05) is 155 Å². The Labute approximate surface area is 315 Å². The maximum Gasteiger partial charge on any atom is 0.137 e. The van der Waals surface area contributed by atoms with Crippen molar-refractivity contribution in [3.8, 4) is 27.9 Å². The maximum atomic E-state index is 6.35. The highest BCUT2D eigenvalue weighted by Gasteiger charge is 2.17. The van der Waals surface area contributed by atoms with E-state index in [0.29, 0.717) is 0 Å². The van der Waals surface area contributed by atoms with Gasteiger partial charge in [-0.05, 0) is 97.0 Å². The molecule has 0 N–H and O–H groups in total. The highest BCUT2D eigenvalue weighted by molar-refractivity contribution is 6.25. The summed E-state index contributed by atoms with van der Waals surface area (Å²) < 4.78 is 8.73. The molecule has 0 saturated carbocycles. The number of hydrogen-bond donors (Lipinski definition) is 0. The minimum atomic E-state index is 0.905. The number of nitrogens with zero attached hydrogens (tertiary/aromatic N) is 1. The molecule has 2 aromatic heterocycles. The third kappa shape index (κ3) is 5.25. The third-order valence-corrected chi connectivity index (χ3v) is 10.5. The second-order valence-electron chi connectivity index (χ2n) is 13.3. The summed E-state index contributed by atoms with van der Waals surface area (Å²) in [6.45, 7) is 8.00.